The van der Waals surface area contributed by atoms with Crippen LogP contribution in [0, 0.1) is 0 Å². The van der Waals surface area contributed by atoms with Gasteiger partial charge < -0.3 is 0 Å². The largest absolute Gasteiger partial charge is 0.0759 e. The van der Waals surface area contributed by atoms with Crippen LogP contribution in [-0.2, 0) is 0 Å². The van der Waals surface area contributed by atoms with Crippen molar-refractivity contribution in [1.29, 1.82) is 0 Å². The molecule has 0 atom stereocenters. The highest BCUT2D eigenvalue weighted by Gasteiger charge is 2.15. The highest BCUT2D eigenvalue weighted by atomic mass is 31.1. The summed E-state index contributed by atoms with van der Waals surface area (Å²) in [5.41, 5.74) is 0. The van der Waals surface area contributed by atoms with Gasteiger partial charge in [0.15, 0.2) is 0 Å². The molecule has 0 spiro atoms. The van der Waals surface area contributed by atoms with Gasteiger partial charge in [-0.05, 0) is 41.5 Å². The number of rotatable bonds is 6. The summed E-state index contributed by atoms with van der Waals surface area (Å²) in [5, 5.41) is 5.74. The third-order valence-electron chi connectivity index (χ3n) is 4.93. The van der Waals surface area contributed by atoms with Gasteiger partial charge in [0.25, 0.3) is 0 Å². The molecule has 0 radical (unpaired) electrons. The average Bonchev–Trinajstić information content (AvgIpc) is 2.83. The van der Waals surface area contributed by atoms with Crippen LogP contribution in [0.2, 0.25) is 0 Å². The van der Waals surface area contributed by atoms with Crippen LogP contribution in [0.5, 0.6) is 0 Å². The molecule has 0 amide bonds. The van der Waals surface area contributed by atoms with E-state index in [1.165, 1.54) is 28.2 Å². The third kappa shape index (κ3) is 6.37. The van der Waals surface area contributed by atoms with E-state index < -0.39 is 7.92 Å². The summed E-state index contributed by atoms with van der Waals surface area (Å²) in [6, 6.07) is 43.2. The van der Waals surface area contributed by atoms with E-state index in [1.807, 2.05) is 0 Å². The van der Waals surface area contributed by atoms with Crippen molar-refractivity contribution in [3.63, 3.8) is 0 Å². The smallest absolute Gasteiger partial charge is 0.0134 e. The summed E-state index contributed by atoms with van der Waals surface area (Å²) in [5.74, 6) is 0. The Morgan fingerprint density at radius 2 is 0.667 bits per heavy atom. The first-order chi connectivity index (χ1) is 14.8. The standard InChI is InChI=1S/C18H15P.C10H15P/c1-4-10-16(11-5-1)19(17-12-6-2-7-13-17)18-14-8-3-9-15-18;1-3-11(4-2)10-8-6-5-7-9-10/h1-15H;5-9H,3-4H2,1-2H3. The molecule has 0 unspecified atom stereocenters. The highest BCUT2D eigenvalue weighted by molar-refractivity contribution is 7.79. The minimum absolute atomic E-state index is 0.149. The van der Waals surface area contributed by atoms with Crippen LogP contribution in [0.3, 0.4) is 0 Å². The zero-order chi connectivity index (χ0) is 21.0. The monoisotopic (exact) mass is 428 g/mol. The molecule has 4 rings (SSSR count). The molecule has 0 saturated carbocycles. The predicted molar refractivity (Wildman–Crippen MR) is 139 cm³/mol. The van der Waals surface area contributed by atoms with E-state index in [2.05, 4.69) is 135 Å². The maximum Gasteiger partial charge on any atom is -0.0134 e. The molecule has 0 aliphatic rings. The second kappa shape index (κ2) is 12.4. The van der Waals surface area contributed by atoms with Crippen LogP contribution in [-0.4, -0.2) is 12.3 Å². The Hall–Kier alpha value is -2.26. The maximum atomic E-state index is 2.28. The number of hydrogen-bond donors (Lipinski definition) is 0. The Labute approximate surface area is 184 Å². The second-order valence-corrected chi connectivity index (χ2v) is 11.9. The summed E-state index contributed by atoms with van der Waals surface area (Å²) in [4.78, 5) is 0. The van der Waals surface area contributed by atoms with Crippen LogP contribution < -0.4 is 21.2 Å². The first-order valence-corrected chi connectivity index (χ1v) is 13.6. The molecule has 0 bridgehead atoms. The lowest BCUT2D eigenvalue weighted by Crippen LogP contribution is -2.20. The molecular weight excluding hydrogens is 398 g/mol. The summed E-state index contributed by atoms with van der Waals surface area (Å²) in [6.07, 6.45) is 2.63. The fourth-order valence-electron chi connectivity index (χ4n) is 3.41. The van der Waals surface area contributed by atoms with E-state index in [9.17, 15) is 0 Å². The lowest BCUT2D eigenvalue weighted by molar-refractivity contribution is 1.42. The lowest BCUT2D eigenvalue weighted by atomic mass is 10.4. The van der Waals surface area contributed by atoms with Crippen molar-refractivity contribution < 1.29 is 0 Å². The molecule has 30 heavy (non-hydrogen) atoms. The summed E-state index contributed by atoms with van der Waals surface area (Å²) >= 11 is 0. The molecule has 2 heteroatoms. The van der Waals surface area contributed by atoms with Crippen LogP contribution >= 0.6 is 15.8 Å². The maximum absolute atomic E-state index is 2.28. The van der Waals surface area contributed by atoms with E-state index >= 15 is 0 Å². The van der Waals surface area contributed by atoms with Crippen LogP contribution in [0.15, 0.2) is 121 Å². The molecule has 0 N–H and O–H groups in total. The van der Waals surface area contributed by atoms with Crippen molar-refractivity contribution >= 4 is 37.1 Å². The zero-order valence-corrected chi connectivity index (χ0v) is 19.6. The molecule has 0 fully saturated rings. The van der Waals surface area contributed by atoms with Gasteiger partial charge in [-0.3, -0.25) is 0 Å². The van der Waals surface area contributed by atoms with E-state index in [0.29, 0.717) is 0 Å². The van der Waals surface area contributed by atoms with E-state index in [0.717, 1.165) is 0 Å². The van der Waals surface area contributed by atoms with Gasteiger partial charge in [0.05, 0.1) is 0 Å². The van der Waals surface area contributed by atoms with Crippen molar-refractivity contribution in [1.82, 2.24) is 0 Å². The molecule has 0 heterocycles. The van der Waals surface area contributed by atoms with Crippen molar-refractivity contribution in [3.8, 4) is 0 Å². The van der Waals surface area contributed by atoms with E-state index in [1.54, 1.807) is 5.30 Å². The average molecular weight is 428 g/mol. The Kier molecular flexibility index (Phi) is 9.30. The molecule has 4 aromatic rings. The van der Waals surface area contributed by atoms with Crippen LogP contribution in [0.25, 0.3) is 0 Å². The molecule has 0 aliphatic carbocycles. The quantitative estimate of drug-likeness (QED) is 0.317. The SMILES string of the molecule is CCP(CC)c1ccccc1.c1ccc(P(c2ccccc2)c2ccccc2)cc1. The highest BCUT2D eigenvalue weighted by Crippen LogP contribution is 2.33. The molecule has 4 aromatic carbocycles. The van der Waals surface area contributed by atoms with E-state index in [4.69, 9.17) is 0 Å². The van der Waals surface area contributed by atoms with Gasteiger partial charge in [-0.25, -0.2) is 0 Å². The summed E-state index contributed by atoms with van der Waals surface area (Å²) < 4.78 is 0. The van der Waals surface area contributed by atoms with E-state index in [-0.39, 0.29) is 7.92 Å². The Morgan fingerprint density at radius 1 is 0.400 bits per heavy atom. The third-order valence-corrected chi connectivity index (χ3v) is 9.93. The molecule has 0 nitrogen and oxygen atoms in total. The first kappa shape index (κ1) is 22.4. The normalized spacial score (nSPS) is 10.5. The van der Waals surface area contributed by atoms with Gasteiger partial charge >= 0.3 is 0 Å². The van der Waals surface area contributed by atoms with Gasteiger partial charge in [0.2, 0.25) is 0 Å². The Balaban J connectivity index is 0.000000199. The molecule has 0 aromatic heterocycles. The molecule has 0 saturated heterocycles. The zero-order valence-electron chi connectivity index (χ0n) is 17.9. The van der Waals surface area contributed by atoms with Gasteiger partial charge in [-0.1, -0.05) is 143 Å². The van der Waals surface area contributed by atoms with Gasteiger partial charge in [0, 0.05) is 0 Å². The van der Waals surface area contributed by atoms with Crippen molar-refractivity contribution in [2.24, 2.45) is 0 Å². The van der Waals surface area contributed by atoms with Gasteiger partial charge in [-0.15, -0.1) is 0 Å². The van der Waals surface area contributed by atoms with Crippen LogP contribution in [0.4, 0.5) is 0 Å². The Morgan fingerprint density at radius 3 is 0.933 bits per heavy atom. The molecule has 152 valence electrons. The summed E-state index contributed by atoms with van der Waals surface area (Å²) in [7, 11) is -0.297. The van der Waals surface area contributed by atoms with Gasteiger partial charge in [0.1, 0.15) is 0 Å². The number of hydrogen-bond acceptors (Lipinski definition) is 0. The minimum Gasteiger partial charge on any atom is -0.0759 e. The topological polar surface area (TPSA) is 0 Å². The van der Waals surface area contributed by atoms with Crippen LogP contribution in [0.1, 0.15) is 13.8 Å². The molecule has 0 aliphatic heterocycles. The van der Waals surface area contributed by atoms with Crippen molar-refractivity contribution in [3.05, 3.63) is 121 Å². The van der Waals surface area contributed by atoms with Gasteiger partial charge in [-0.2, -0.15) is 0 Å². The Bertz CT molecular complexity index is 856. The number of benzene rings is 4. The summed E-state index contributed by atoms with van der Waals surface area (Å²) in [6.45, 7) is 4.56. The first-order valence-electron chi connectivity index (χ1n) is 10.6. The molecular formula is C28H30P2. The second-order valence-electron chi connectivity index (χ2n) is 6.85. The predicted octanol–water partition coefficient (Wildman–Crippen LogP) is 6.28. The fourth-order valence-corrected chi connectivity index (χ4v) is 7.48. The lowest BCUT2D eigenvalue weighted by Gasteiger charge is -2.18. The van der Waals surface area contributed by atoms with Crippen molar-refractivity contribution in [2.75, 3.05) is 12.3 Å². The van der Waals surface area contributed by atoms with Crippen molar-refractivity contribution in [2.45, 2.75) is 13.8 Å². The fraction of sp³-hybridized carbons (Fsp3) is 0.143. The minimum atomic E-state index is -0.446.